The van der Waals surface area contributed by atoms with Gasteiger partial charge in [-0.1, -0.05) is 6.07 Å². The molecule has 0 aliphatic rings. The number of hydrogen-bond donors (Lipinski definition) is 1. The first-order valence-electron chi connectivity index (χ1n) is 9.59. The number of pyridine rings is 1. The minimum Gasteiger partial charge on any atom is -0.494 e. The van der Waals surface area contributed by atoms with Crippen LogP contribution in [0, 0.1) is 11.7 Å². The third kappa shape index (κ3) is 3.29. The average molecular weight is 440 g/mol. The number of aromatic nitrogens is 4. The van der Waals surface area contributed by atoms with Crippen LogP contribution in [0.15, 0.2) is 45.6 Å². The van der Waals surface area contributed by atoms with E-state index in [1.54, 1.807) is 11.3 Å². The van der Waals surface area contributed by atoms with Gasteiger partial charge in [-0.3, -0.25) is 18.3 Å². The van der Waals surface area contributed by atoms with Crippen molar-refractivity contribution in [3.8, 4) is 16.5 Å². The number of aliphatic imine (C=N–C) groups is 1. The Morgan fingerprint density at radius 2 is 2.03 bits per heavy atom. The molecule has 0 saturated heterocycles. The van der Waals surface area contributed by atoms with Crippen LogP contribution in [0.2, 0.25) is 0 Å². The highest BCUT2D eigenvalue weighted by Crippen LogP contribution is 2.34. The minimum atomic E-state index is -0.365. The lowest BCUT2D eigenvalue weighted by atomic mass is 10.3. The van der Waals surface area contributed by atoms with Crippen LogP contribution in [0.4, 0.5) is 5.82 Å². The van der Waals surface area contributed by atoms with Crippen molar-refractivity contribution in [1.82, 2.24) is 18.5 Å². The molecule has 0 amide bonds. The first-order chi connectivity index (χ1) is 14.5. The molecule has 0 radical (unpaired) electrons. The highest BCUT2D eigenvalue weighted by Gasteiger charge is 2.17. The molecule has 1 N–H and O–H groups in total. The first-order valence-corrected chi connectivity index (χ1v) is 10.9. The Kier molecular flexibility index (Phi) is 5.40. The SMILES string of the molecule is CCn1c(O)c(/C=N/c2c(-c3cccs3)nc3cc(C)ccn23)c(=O)n(CC)c1=S. The van der Waals surface area contributed by atoms with Gasteiger partial charge in [0, 0.05) is 25.5 Å². The van der Waals surface area contributed by atoms with Gasteiger partial charge in [0.15, 0.2) is 10.6 Å². The summed E-state index contributed by atoms with van der Waals surface area (Å²) in [5.41, 5.74) is 2.33. The van der Waals surface area contributed by atoms with Crippen LogP contribution in [0.5, 0.6) is 5.88 Å². The van der Waals surface area contributed by atoms with Gasteiger partial charge in [0.05, 0.1) is 4.88 Å². The second-order valence-corrected chi connectivity index (χ2v) is 8.08. The van der Waals surface area contributed by atoms with Gasteiger partial charge in [-0.25, -0.2) is 9.98 Å². The summed E-state index contributed by atoms with van der Waals surface area (Å²) in [6, 6.07) is 7.90. The van der Waals surface area contributed by atoms with Crippen LogP contribution in [-0.2, 0) is 13.1 Å². The third-order valence-electron chi connectivity index (χ3n) is 4.89. The lowest BCUT2D eigenvalue weighted by Crippen LogP contribution is -2.27. The van der Waals surface area contributed by atoms with Gasteiger partial charge in [0.1, 0.15) is 16.9 Å². The van der Waals surface area contributed by atoms with Crippen molar-refractivity contribution in [3.05, 3.63) is 62.1 Å². The number of rotatable bonds is 5. The highest BCUT2D eigenvalue weighted by atomic mass is 32.1. The summed E-state index contributed by atoms with van der Waals surface area (Å²) in [5.74, 6) is 0.420. The molecule has 0 saturated carbocycles. The zero-order chi connectivity index (χ0) is 21.4. The van der Waals surface area contributed by atoms with Crippen molar-refractivity contribution in [1.29, 1.82) is 0 Å². The molecule has 0 fully saturated rings. The molecule has 4 aromatic heterocycles. The van der Waals surface area contributed by atoms with Crippen molar-refractivity contribution in [2.75, 3.05) is 0 Å². The topological polar surface area (TPSA) is 76.8 Å². The lowest BCUT2D eigenvalue weighted by Gasteiger charge is -2.13. The van der Waals surface area contributed by atoms with E-state index in [-0.39, 0.29) is 17.0 Å². The number of aromatic hydroxyl groups is 1. The van der Waals surface area contributed by atoms with Gasteiger partial charge < -0.3 is 5.11 Å². The fourth-order valence-corrected chi connectivity index (χ4v) is 4.48. The number of imidazole rings is 1. The lowest BCUT2D eigenvalue weighted by molar-refractivity contribution is 0.399. The maximum absolute atomic E-state index is 12.9. The fourth-order valence-electron chi connectivity index (χ4n) is 3.35. The molecule has 0 atom stereocenters. The summed E-state index contributed by atoms with van der Waals surface area (Å²) in [4.78, 5) is 23.2. The molecular weight excluding hydrogens is 418 g/mol. The molecule has 0 spiro atoms. The van der Waals surface area contributed by atoms with Crippen molar-refractivity contribution in [3.63, 3.8) is 0 Å². The van der Waals surface area contributed by atoms with E-state index in [0.29, 0.717) is 23.7 Å². The molecule has 4 heterocycles. The average Bonchev–Trinajstić information content (AvgIpc) is 3.36. The van der Waals surface area contributed by atoms with Crippen LogP contribution in [0.1, 0.15) is 25.0 Å². The molecule has 0 aromatic carbocycles. The minimum absolute atomic E-state index is 0.103. The van der Waals surface area contributed by atoms with Gasteiger partial charge in [-0.15, -0.1) is 11.3 Å². The van der Waals surface area contributed by atoms with Crippen LogP contribution in [0.25, 0.3) is 16.2 Å². The summed E-state index contributed by atoms with van der Waals surface area (Å²) in [6.07, 6.45) is 3.31. The number of nitrogens with zero attached hydrogens (tertiary/aromatic N) is 5. The standard InChI is InChI=1S/C21H21N5O2S2/c1-4-24-19(27)14(20(28)25(5-2)21(24)29)12-22-18-17(15-7-6-10-30-15)23-16-11-13(3)8-9-26(16)18/h6-12,27H,4-5H2,1-3H3/b22-12+. The molecule has 9 heteroatoms. The molecule has 4 rings (SSSR count). The van der Waals surface area contributed by atoms with Gasteiger partial charge in [-0.05, 0) is 62.1 Å². The van der Waals surface area contributed by atoms with Crippen LogP contribution in [0.3, 0.4) is 0 Å². The van der Waals surface area contributed by atoms with Gasteiger partial charge in [-0.2, -0.15) is 0 Å². The monoisotopic (exact) mass is 439 g/mol. The molecule has 0 aliphatic carbocycles. The van der Waals surface area contributed by atoms with Crippen LogP contribution in [-0.4, -0.2) is 29.8 Å². The Bertz CT molecular complexity index is 1380. The van der Waals surface area contributed by atoms with E-state index in [1.165, 1.54) is 15.3 Å². The third-order valence-corrected chi connectivity index (χ3v) is 6.21. The predicted octanol–water partition coefficient (Wildman–Crippen LogP) is 4.56. The maximum Gasteiger partial charge on any atom is 0.267 e. The normalized spacial score (nSPS) is 11.7. The Morgan fingerprint density at radius 1 is 1.27 bits per heavy atom. The Hall–Kier alpha value is -3.04. The number of thiophene rings is 1. The molecule has 0 unspecified atom stereocenters. The summed E-state index contributed by atoms with van der Waals surface area (Å²) in [7, 11) is 0. The Balaban J connectivity index is 1.95. The van der Waals surface area contributed by atoms with Crippen molar-refractivity contribution >= 4 is 41.2 Å². The molecule has 0 aliphatic heterocycles. The molecule has 4 aromatic rings. The zero-order valence-electron chi connectivity index (χ0n) is 16.9. The van der Waals surface area contributed by atoms with Crippen molar-refractivity contribution in [2.24, 2.45) is 4.99 Å². The second-order valence-electron chi connectivity index (χ2n) is 6.77. The van der Waals surface area contributed by atoms with E-state index in [1.807, 2.05) is 61.0 Å². The summed E-state index contributed by atoms with van der Waals surface area (Å²) >= 11 is 6.92. The van der Waals surface area contributed by atoms with E-state index in [2.05, 4.69) is 4.99 Å². The first kappa shape index (κ1) is 20.2. The quantitative estimate of drug-likeness (QED) is 0.365. The van der Waals surface area contributed by atoms with E-state index < -0.39 is 0 Å². The summed E-state index contributed by atoms with van der Waals surface area (Å²) in [6.45, 7) is 6.57. The molecule has 30 heavy (non-hydrogen) atoms. The molecule has 0 bridgehead atoms. The van der Waals surface area contributed by atoms with E-state index in [0.717, 1.165) is 21.8 Å². The van der Waals surface area contributed by atoms with E-state index >= 15 is 0 Å². The fraction of sp³-hybridized carbons (Fsp3) is 0.238. The largest absolute Gasteiger partial charge is 0.494 e. The van der Waals surface area contributed by atoms with Gasteiger partial charge in [0.2, 0.25) is 5.88 Å². The molecule has 154 valence electrons. The smallest absolute Gasteiger partial charge is 0.267 e. The summed E-state index contributed by atoms with van der Waals surface area (Å²) < 4.78 is 5.16. The highest BCUT2D eigenvalue weighted by molar-refractivity contribution is 7.71. The number of aryl methyl sites for hydroxylation is 1. The van der Waals surface area contributed by atoms with Gasteiger partial charge >= 0.3 is 0 Å². The Morgan fingerprint density at radius 3 is 2.70 bits per heavy atom. The number of hydrogen-bond acceptors (Lipinski definition) is 6. The van der Waals surface area contributed by atoms with E-state index in [4.69, 9.17) is 17.2 Å². The molecular formula is C21H21N5O2S2. The predicted molar refractivity (Wildman–Crippen MR) is 123 cm³/mol. The van der Waals surface area contributed by atoms with Crippen molar-refractivity contribution < 1.29 is 5.11 Å². The van der Waals surface area contributed by atoms with Crippen molar-refractivity contribution in [2.45, 2.75) is 33.9 Å². The Labute approximate surface area is 182 Å². The van der Waals surface area contributed by atoms with Crippen LogP contribution >= 0.6 is 23.6 Å². The zero-order valence-corrected chi connectivity index (χ0v) is 18.5. The number of fused-ring (bicyclic) bond motifs is 1. The summed E-state index contributed by atoms with van der Waals surface area (Å²) in [5, 5.41) is 12.7. The van der Waals surface area contributed by atoms with E-state index in [9.17, 15) is 9.90 Å². The van der Waals surface area contributed by atoms with Crippen LogP contribution < -0.4 is 5.56 Å². The maximum atomic E-state index is 12.9. The molecule has 7 nitrogen and oxygen atoms in total. The van der Waals surface area contributed by atoms with Gasteiger partial charge in [0.25, 0.3) is 5.56 Å². The second kappa shape index (κ2) is 8.00.